The Morgan fingerprint density at radius 1 is 1.05 bits per heavy atom. The predicted molar refractivity (Wildman–Crippen MR) is 84.6 cm³/mol. The van der Waals surface area contributed by atoms with Gasteiger partial charge in [-0.1, -0.05) is 44.0 Å². The van der Waals surface area contributed by atoms with E-state index in [0.29, 0.717) is 0 Å². The van der Waals surface area contributed by atoms with Gasteiger partial charge < -0.3 is 0 Å². The third-order valence-corrected chi connectivity index (χ3v) is 4.86. The fourth-order valence-electron chi connectivity index (χ4n) is 2.71. The minimum Gasteiger partial charge on any atom is -0.250 e. The van der Waals surface area contributed by atoms with Crippen molar-refractivity contribution in [1.29, 1.82) is 0 Å². The van der Waals surface area contributed by atoms with Crippen LogP contribution in [-0.2, 0) is 11.0 Å². The predicted octanol–water partition coefficient (Wildman–Crippen LogP) is 6.06. The summed E-state index contributed by atoms with van der Waals surface area (Å²) in [6, 6.07) is 13.9. The summed E-state index contributed by atoms with van der Waals surface area (Å²) in [6.45, 7) is 2.21. The lowest BCUT2D eigenvalue weighted by atomic mass is 10.0. The number of rotatable bonds is 4. The topological polar surface area (TPSA) is 30.2 Å². The summed E-state index contributed by atoms with van der Waals surface area (Å²) in [5.41, 5.74) is 2.06. The number of aryl methyl sites for hydroxylation is 1. The maximum Gasteiger partial charge on any atom is 0.597 e. The molecule has 0 saturated heterocycles. The molecular formula is C17H18O2P+. The summed E-state index contributed by atoms with van der Waals surface area (Å²) in [6.07, 6.45) is 4.68. The fraction of sp³-hybridized carbons (Fsp3) is 0.294. The van der Waals surface area contributed by atoms with Crippen LogP contribution in [0.5, 0.6) is 0 Å². The Labute approximate surface area is 119 Å². The van der Waals surface area contributed by atoms with Gasteiger partial charge in [-0.15, -0.1) is 0 Å². The Balaban J connectivity index is 2.26. The van der Waals surface area contributed by atoms with Gasteiger partial charge in [0, 0.05) is 10.8 Å². The van der Waals surface area contributed by atoms with E-state index < -0.39 is 7.65 Å². The van der Waals surface area contributed by atoms with Gasteiger partial charge in [0.1, 0.15) is 0 Å². The molecule has 0 aliphatic rings. The molecule has 0 radical (unpaired) electrons. The second kappa shape index (κ2) is 5.76. The third kappa shape index (κ3) is 2.36. The second-order valence-corrected chi connectivity index (χ2v) is 6.29. The van der Waals surface area contributed by atoms with Crippen LogP contribution in [0.15, 0.2) is 46.7 Å². The van der Waals surface area contributed by atoms with E-state index in [-0.39, 0.29) is 0 Å². The van der Waals surface area contributed by atoms with E-state index in [1.807, 2.05) is 36.4 Å². The summed E-state index contributed by atoms with van der Waals surface area (Å²) >= 11 is 0. The van der Waals surface area contributed by atoms with Crippen LogP contribution in [0.1, 0.15) is 31.7 Å². The van der Waals surface area contributed by atoms with Gasteiger partial charge in [-0.05, 0) is 41.2 Å². The molecule has 3 aromatic rings. The Morgan fingerprint density at radius 2 is 1.90 bits per heavy atom. The number of hydrogen-bond acceptors (Lipinski definition) is 2. The van der Waals surface area contributed by atoms with Gasteiger partial charge in [0.2, 0.25) is 5.12 Å². The van der Waals surface area contributed by atoms with E-state index in [1.165, 1.54) is 24.8 Å². The van der Waals surface area contributed by atoms with Gasteiger partial charge in [-0.3, -0.25) is 0 Å². The first-order valence-corrected chi connectivity index (χ1v) is 8.35. The molecule has 1 heterocycles. The van der Waals surface area contributed by atoms with Crippen LogP contribution in [0.2, 0.25) is 0 Å². The molecule has 1 unspecified atom stereocenters. The van der Waals surface area contributed by atoms with Gasteiger partial charge in [-0.25, -0.2) is 4.20 Å². The molecule has 0 aliphatic heterocycles. The Hall–Kier alpha value is -1.66. The van der Waals surface area contributed by atoms with E-state index in [9.17, 15) is 4.57 Å². The van der Waals surface area contributed by atoms with Gasteiger partial charge in [-0.2, -0.15) is 0 Å². The van der Waals surface area contributed by atoms with Crippen LogP contribution in [0.25, 0.3) is 21.5 Å². The zero-order valence-electron chi connectivity index (χ0n) is 11.6. The van der Waals surface area contributed by atoms with Crippen molar-refractivity contribution in [3.63, 3.8) is 0 Å². The highest BCUT2D eigenvalue weighted by Gasteiger charge is 2.17. The second-order valence-electron chi connectivity index (χ2n) is 5.11. The Kier molecular flexibility index (Phi) is 3.84. The summed E-state index contributed by atoms with van der Waals surface area (Å²) in [5, 5.41) is 3.02. The highest BCUT2D eigenvalue weighted by Crippen LogP contribution is 2.36. The van der Waals surface area contributed by atoms with Crippen molar-refractivity contribution in [2.24, 2.45) is 0 Å². The minimum atomic E-state index is -1.77. The average molecular weight is 285 g/mol. The molecule has 0 N–H and O–H groups in total. The maximum atomic E-state index is 12.1. The van der Waals surface area contributed by atoms with Crippen molar-refractivity contribution < 1.29 is 8.76 Å². The molecule has 3 rings (SSSR count). The molecule has 0 saturated carbocycles. The smallest absolute Gasteiger partial charge is 0.250 e. The highest BCUT2D eigenvalue weighted by atomic mass is 31.1. The monoisotopic (exact) mass is 285 g/mol. The van der Waals surface area contributed by atoms with Crippen LogP contribution in [0, 0.1) is 0 Å². The molecule has 2 aromatic carbocycles. The van der Waals surface area contributed by atoms with E-state index in [4.69, 9.17) is 4.20 Å². The molecule has 2 nitrogen and oxygen atoms in total. The number of hydrogen-bond donors (Lipinski definition) is 0. The van der Waals surface area contributed by atoms with Gasteiger partial charge in [0.25, 0.3) is 0 Å². The molecule has 0 aliphatic carbocycles. The Morgan fingerprint density at radius 3 is 2.75 bits per heavy atom. The summed E-state index contributed by atoms with van der Waals surface area (Å²) in [5.74, 6) is 0. The molecule has 3 heteroatoms. The van der Waals surface area contributed by atoms with Crippen LogP contribution >= 0.6 is 7.65 Å². The van der Waals surface area contributed by atoms with E-state index in [0.717, 1.165) is 27.9 Å². The van der Waals surface area contributed by atoms with Crippen LogP contribution in [-0.4, -0.2) is 0 Å². The first-order chi connectivity index (χ1) is 9.81. The number of benzene rings is 2. The lowest BCUT2D eigenvalue weighted by Gasteiger charge is -2.05. The minimum absolute atomic E-state index is 0.763. The van der Waals surface area contributed by atoms with E-state index in [2.05, 4.69) is 13.0 Å². The van der Waals surface area contributed by atoms with Crippen LogP contribution in [0.3, 0.4) is 0 Å². The van der Waals surface area contributed by atoms with Crippen LogP contribution < -0.4 is 0 Å². The van der Waals surface area contributed by atoms with Crippen molar-refractivity contribution in [3.05, 3.63) is 48.0 Å². The zero-order valence-corrected chi connectivity index (χ0v) is 12.5. The molecule has 1 aromatic heterocycles. The number of fused-ring (bicyclic) bond motifs is 3. The van der Waals surface area contributed by atoms with Crippen molar-refractivity contribution in [2.45, 2.75) is 32.6 Å². The maximum absolute atomic E-state index is 12.1. The first-order valence-electron chi connectivity index (χ1n) is 7.17. The van der Waals surface area contributed by atoms with Crippen molar-refractivity contribution in [3.8, 4) is 0 Å². The fourth-order valence-corrected chi connectivity index (χ4v) is 3.73. The molecule has 0 fully saturated rings. The summed E-state index contributed by atoms with van der Waals surface area (Å²) in [4.78, 5) is 0. The lowest BCUT2D eigenvalue weighted by Crippen LogP contribution is -1.88. The molecule has 0 bridgehead atoms. The normalized spacial score (nSPS) is 12.2. The molecule has 0 amide bonds. The zero-order chi connectivity index (χ0) is 13.9. The molecule has 20 heavy (non-hydrogen) atoms. The summed E-state index contributed by atoms with van der Waals surface area (Å²) in [7, 11) is -1.77. The summed E-state index contributed by atoms with van der Waals surface area (Å²) < 4.78 is 17.8. The third-order valence-electron chi connectivity index (χ3n) is 3.71. The van der Waals surface area contributed by atoms with E-state index in [1.54, 1.807) is 0 Å². The molecule has 1 atom stereocenters. The van der Waals surface area contributed by atoms with Gasteiger partial charge >= 0.3 is 7.65 Å². The van der Waals surface area contributed by atoms with Crippen molar-refractivity contribution in [1.82, 2.24) is 0 Å². The Bertz CT molecular complexity index is 805. The lowest BCUT2D eigenvalue weighted by molar-refractivity contribution is 0.563. The first kappa shape index (κ1) is 13.3. The van der Waals surface area contributed by atoms with Gasteiger partial charge in [0.15, 0.2) is 5.58 Å². The van der Waals surface area contributed by atoms with E-state index >= 15 is 0 Å². The molecular weight excluding hydrogens is 267 g/mol. The quantitative estimate of drug-likeness (QED) is 0.430. The highest BCUT2D eigenvalue weighted by molar-refractivity contribution is 7.37. The van der Waals surface area contributed by atoms with Gasteiger partial charge in [0.05, 0.1) is 0 Å². The largest absolute Gasteiger partial charge is 0.597 e. The molecule has 102 valence electrons. The SMILES string of the molecule is CCCCCc1cccc2o[p+](=O)c3ccccc3c12. The average Bonchev–Trinajstić information content (AvgIpc) is 2.48. The van der Waals surface area contributed by atoms with Crippen LogP contribution in [0.4, 0.5) is 0 Å². The van der Waals surface area contributed by atoms with Crippen molar-refractivity contribution in [2.75, 3.05) is 0 Å². The molecule has 0 spiro atoms. The standard InChI is InChI=1S/C17H18O2P/c1-2-3-4-8-13-9-7-11-15-17(13)14-10-5-6-12-16(14)20(18)19-15/h5-7,9-12H,2-4,8H2,1H3/q+1. The number of unbranched alkanes of at least 4 members (excludes halogenated alkanes) is 2. The van der Waals surface area contributed by atoms with Crippen molar-refractivity contribution >= 4 is 29.1 Å².